The average Bonchev–Trinajstić information content (AvgIpc) is 0.915. The number of rotatable bonds is 86. The first-order valence-corrected chi connectivity index (χ1v) is 47.6. The van der Waals surface area contributed by atoms with Crippen molar-refractivity contribution in [2.75, 3.05) is 39.6 Å². The Hall–Kier alpha value is -1.94. The Morgan fingerprint density at radius 2 is 0.438 bits per heavy atom. The van der Waals surface area contributed by atoms with Crippen LogP contribution in [0.3, 0.4) is 0 Å². The van der Waals surface area contributed by atoms with Gasteiger partial charge in [-0.1, -0.05) is 413 Å². The SMILES string of the molecule is CCCCCCCCCCCCCCCCCCCCCCCC(=O)O[C@H](COC(=O)CCCCCCCCCCCCCCCCCCC)COP(=O)(O)OC[C@@H](O)COP(=O)(O)OC[C@@H](COC(=O)CCCCCCCCCCCC(C)C)OC(=O)CCCCCCCCCCCCCCCCC. The van der Waals surface area contributed by atoms with Crippen molar-refractivity contribution in [2.45, 2.75) is 483 Å². The first kappa shape index (κ1) is 103. The summed E-state index contributed by atoms with van der Waals surface area (Å²) >= 11 is 0. The van der Waals surface area contributed by atoms with Gasteiger partial charge in [0.1, 0.15) is 19.3 Å². The highest BCUT2D eigenvalue weighted by Gasteiger charge is 2.30. The minimum absolute atomic E-state index is 0.108. The molecule has 0 bridgehead atoms. The van der Waals surface area contributed by atoms with Gasteiger partial charge in [-0.05, 0) is 31.6 Å². The van der Waals surface area contributed by atoms with E-state index in [0.29, 0.717) is 25.7 Å². The number of carbonyl (C=O) groups excluding carboxylic acids is 4. The lowest BCUT2D eigenvalue weighted by Gasteiger charge is -2.21. The van der Waals surface area contributed by atoms with Gasteiger partial charge in [0.25, 0.3) is 0 Å². The Balaban J connectivity index is 5.24. The second-order valence-electron chi connectivity index (χ2n) is 31.4. The zero-order valence-electron chi connectivity index (χ0n) is 68.9. The number of aliphatic hydroxyl groups is 1. The van der Waals surface area contributed by atoms with Gasteiger partial charge >= 0.3 is 39.5 Å². The molecule has 0 saturated heterocycles. The van der Waals surface area contributed by atoms with Crippen LogP contribution in [0.2, 0.25) is 0 Å². The van der Waals surface area contributed by atoms with E-state index >= 15 is 0 Å². The first-order chi connectivity index (χ1) is 51.0. The highest BCUT2D eigenvalue weighted by molar-refractivity contribution is 7.47. The molecule has 0 aliphatic rings. The number of esters is 4. The second-order valence-corrected chi connectivity index (χ2v) is 34.3. The molecule has 0 saturated carbocycles. The number of phosphoric ester groups is 2. The monoisotopic (exact) mass is 1540 g/mol. The van der Waals surface area contributed by atoms with Gasteiger partial charge in [0.2, 0.25) is 0 Å². The van der Waals surface area contributed by atoms with Gasteiger partial charge in [0, 0.05) is 25.7 Å². The topological polar surface area (TPSA) is 237 Å². The Morgan fingerprint density at radius 1 is 0.257 bits per heavy atom. The average molecular weight is 1540 g/mol. The first-order valence-electron chi connectivity index (χ1n) is 44.6. The van der Waals surface area contributed by atoms with Gasteiger partial charge < -0.3 is 33.8 Å². The van der Waals surface area contributed by atoms with Crippen LogP contribution in [-0.2, 0) is 65.4 Å². The molecule has 624 valence electrons. The molecular weight excluding hydrogens is 1370 g/mol. The van der Waals surface area contributed by atoms with Gasteiger partial charge in [-0.15, -0.1) is 0 Å². The van der Waals surface area contributed by atoms with E-state index in [1.807, 2.05) is 0 Å². The Bertz CT molecular complexity index is 2000. The highest BCUT2D eigenvalue weighted by atomic mass is 31.2. The zero-order chi connectivity index (χ0) is 76.9. The molecule has 0 fully saturated rings. The highest BCUT2D eigenvalue weighted by Crippen LogP contribution is 2.45. The third kappa shape index (κ3) is 79.9. The Morgan fingerprint density at radius 3 is 0.648 bits per heavy atom. The van der Waals surface area contributed by atoms with Crippen LogP contribution < -0.4 is 0 Å². The number of hydrogen-bond acceptors (Lipinski definition) is 15. The maximum absolute atomic E-state index is 13.1. The smallest absolute Gasteiger partial charge is 0.462 e. The molecule has 0 aromatic carbocycles. The van der Waals surface area contributed by atoms with Crippen LogP contribution in [0.25, 0.3) is 0 Å². The molecule has 0 aromatic rings. The molecule has 0 aliphatic heterocycles. The molecule has 19 heteroatoms. The Kier molecular flexibility index (Phi) is 77.3. The fourth-order valence-electron chi connectivity index (χ4n) is 13.5. The lowest BCUT2D eigenvalue weighted by Crippen LogP contribution is -2.30. The lowest BCUT2D eigenvalue weighted by molar-refractivity contribution is -0.161. The molecule has 105 heavy (non-hydrogen) atoms. The van der Waals surface area contributed by atoms with Crippen LogP contribution in [0, 0.1) is 5.92 Å². The number of ether oxygens (including phenoxy) is 4. The quantitative estimate of drug-likeness (QED) is 0.0222. The van der Waals surface area contributed by atoms with Crippen molar-refractivity contribution < 1.29 is 80.2 Å². The Labute approximate surface area is 645 Å². The van der Waals surface area contributed by atoms with Gasteiger partial charge in [-0.25, -0.2) is 9.13 Å². The molecule has 17 nitrogen and oxygen atoms in total. The van der Waals surface area contributed by atoms with Gasteiger partial charge in [-0.3, -0.25) is 37.3 Å². The molecule has 3 N–H and O–H groups in total. The molecular formula is C86H168O17P2. The third-order valence-corrected chi connectivity index (χ3v) is 22.2. The van der Waals surface area contributed by atoms with Gasteiger partial charge in [-0.2, -0.15) is 0 Å². The fourth-order valence-corrected chi connectivity index (χ4v) is 15.1. The van der Waals surface area contributed by atoms with Crippen LogP contribution in [0.5, 0.6) is 0 Å². The molecule has 2 unspecified atom stereocenters. The van der Waals surface area contributed by atoms with E-state index in [0.717, 1.165) is 95.8 Å². The predicted octanol–water partition coefficient (Wildman–Crippen LogP) is 26.4. The summed E-state index contributed by atoms with van der Waals surface area (Å²) in [6.07, 6.45) is 72.2. The van der Waals surface area contributed by atoms with Crippen LogP contribution in [0.15, 0.2) is 0 Å². The summed E-state index contributed by atoms with van der Waals surface area (Å²) in [6.45, 7) is 7.35. The number of aliphatic hydroxyl groups excluding tert-OH is 1. The van der Waals surface area contributed by atoms with Crippen molar-refractivity contribution in [3.63, 3.8) is 0 Å². The largest absolute Gasteiger partial charge is 0.472 e. The predicted molar refractivity (Wildman–Crippen MR) is 432 cm³/mol. The summed E-state index contributed by atoms with van der Waals surface area (Å²) in [7, 11) is -9.93. The normalized spacial score (nSPS) is 13.8. The zero-order valence-corrected chi connectivity index (χ0v) is 70.7. The molecule has 0 rings (SSSR count). The van der Waals surface area contributed by atoms with Crippen LogP contribution in [0.1, 0.15) is 465 Å². The lowest BCUT2D eigenvalue weighted by atomic mass is 10.0. The minimum Gasteiger partial charge on any atom is -0.462 e. The number of phosphoric acid groups is 2. The summed E-state index contributed by atoms with van der Waals surface area (Å²) in [5.41, 5.74) is 0. The van der Waals surface area contributed by atoms with E-state index in [1.165, 1.54) is 289 Å². The summed E-state index contributed by atoms with van der Waals surface area (Å²) < 4.78 is 68.9. The summed E-state index contributed by atoms with van der Waals surface area (Å²) in [5, 5.41) is 10.7. The fraction of sp³-hybridized carbons (Fsp3) is 0.953. The van der Waals surface area contributed by atoms with Crippen molar-refractivity contribution in [1.82, 2.24) is 0 Å². The molecule has 0 aromatic heterocycles. The van der Waals surface area contributed by atoms with E-state index in [-0.39, 0.29) is 25.7 Å². The van der Waals surface area contributed by atoms with E-state index in [1.54, 1.807) is 0 Å². The minimum atomic E-state index is -4.97. The maximum atomic E-state index is 13.1. The number of hydrogen-bond donors (Lipinski definition) is 3. The van der Waals surface area contributed by atoms with Crippen molar-refractivity contribution >= 4 is 39.5 Å². The second kappa shape index (κ2) is 78.7. The van der Waals surface area contributed by atoms with Crippen molar-refractivity contribution in [3.05, 3.63) is 0 Å². The molecule has 0 heterocycles. The van der Waals surface area contributed by atoms with Crippen molar-refractivity contribution in [1.29, 1.82) is 0 Å². The van der Waals surface area contributed by atoms with Gasteiger partial charge in [0.05, 0.1) is 26.4 Å². The van der Waals surface area contributed by atoms with Crippen LogP contribution in [0.4, 0.5) is 0 Å². The molecule has 5 atom stereocenters. The number of unbranched alkanes of at least 4 members (excludes halogenated alkanes) is 58. The van der Waals surface area contributed by atoms with Gasteiger partial charge in [0.15, 0.2) is 12.2 Å². The van der Waals surface area contributed by atoms with Crippen molar-refractivity contribution in [3.8, 4) is 0 Å². The van der Waals surface area contributed by atoms with Crippen molar-refractivity contribution in [2.24, 2.45) is 5.92 Å². The summed E-state index contributed by atoms with van der Waals surface area (Å²) in [4.78, 5) is 73.2. The van der Waals surface area contributed by atoms with E-state index in [4.69, 9.17) is 37.0 Å². The molecule has 0 aliphatic carbocycles. The maximum Gasteiger partial charge on any atom is 0.472 e. The summed E-state index contributed by atoms with van der Waals surface area (Å²) in [5.74, 6) is -1.35. The molecule has 0 radical (unpaired) electrons. The van der Waals surface area contributed by atoms with Crippen LogP contribution >= 0.6 is 15.6 Å². The molecule has 0 amide bonds. The summed E-state index contributed by atoms with van der Waals surface area (Å²) in [6, 6.07) is 0. The van der Waals surface area contributed by atoms with E-state index in [2.05, 4.69) is 34.6 Å². The standard InChI is InChI=1S/C86H168O17P2/c1-6-9-12-15-18-21-24-27-30-32-33-34-35-37-40-43-46-51-57-62-67-72-86(91)102-81(75-96-83(88)69-64-59-54-49-44-41-39-36-31-28-25-22-19-16-13-10-7-2)77-100-104(92,93)98-73-80(87)74-99-105(94,95)101-78-82(76-97-84(89)70-65-60-55-52-47-48-53-58-63-68-79(4)5)103-85(90)71-66-61-56-50-45-42-38-29-26-23-20-17-14-11-8-3/h79-82,87H,6-78H2,1-5H3,(H,92,93)(H,94,95)/t80-,81-,82-/m1/s1. The molecule has 0 spiro atoms. The third-order valence-electron chi connectivity index (χ3n) is 20.3. The van der Waals surface area contributed by atoms with E-state index in [9.17, 15) is 43.2 Å². The van der Waals surface area contributed by atoms with Crippen LogP contribution in [-0.4, -0.2) is 96.7 Å². The number of carbonyl (C=O) groups is 4. The van der Waals surface area contributed by atoms with E-state index < -0.39 is 97.5 Å².